The first kappa shape index (κ1) is 21.1. The average Bonchev–Trinajstić information content (AvgIpc) is 3.33. The van der Waals surface area contributed by atoms with Crippen molar-refractivity contribution in [3.8, 4) is 11.5 Å². The highest BCUT2D eigenvalue weighted by Crippen LogP contribution is 2.26. The predicted octanol–water partition coefficient (Wildman–Crippen LogP) is 2.69. The van der Waals surface area contributed by atoms with Gasteiger partial charge < -0.3 is 20.4 Å². The number of aromatic nitrogens is 1. The number of rotatable bonds is 7. The number of nitrogens with zero attached hydrogens (tertiary/aromatic N) is 1. The maximum atomic E-state index is 13.6. The summed E-state index contributed by atoms with van der Waals surface area (Å²) in [6, 6.07) is 5.92. The van der Waals surface area contributed by atoms with Gasteiger partial charge in [-0.25, -0.2) is 13.8 Å². The number of nitrogens with one attached hydrogen (secondary N) is 3. The molecule has 1 aromatic carbocycles. The molecule has 0 bridgehead atoms. The minimum Gasteiger partial charge on any atom is -0.458 e. The lowest BCUT2D eigenvalue weighted by Gasteiger charge is -2.06. The standard InChI is InChI=1S/C19H16F2N4O4S/c1-10(26)22-7-12-3-5-16(29-12)15-9-30-19(24-15)25-17(27)8-23-18(28)13-4-2-11(20)6-14(13)21/h2-6,9H,7-8H2,1H3,(H,22,26)(H,23,28)(H,24,25,27). The van der Waals surface area contributed by atoms with Crippen LogP contribution in [-0.4, -0.2) is 29.3 Å². The second-order valence-corrected chi connectivity index (χ2v) is 6.93. The van der Waals surface area contributed by atoms with E-state index in [1.165, 1.54) is 6.92 Å². The maximum absolute atomic E-state index is 13.6. The number of furan rings is 1. The van der Waals surface area contributed by atoms with Crippen molar-refractivity contribution in [2.75, 3.05) is 11.9 Å². The zero-order valence-corrected chi connectivity index (χ0v) is 16.4. The summed E-state index contributed by atoms with van der Waals surface area (Å²) in [6.07, 6.45) is 0. The second kappa shape index (κ2) is 9.27. The largest absolute Gasteiger partial charge is 0.458 e. The van der Waals surface area contributed by atoms with E-state index in [4.69, 9.17) is 4.42 Å². The zero-order chi connectivity index (χ0) is 21.7. The molecule has 0 unspecified atom stereocenters. The third kappa shape index (κ3) is 5.47. The average molecular weight is 434 g/mol. The summed E-state index contributed by atoms with van der Waals surface area (Å²) in [4.78, 5) is 39.1. The van der Waals surface area contributed by atoms with Crippen LogP contribution in [0, 0.1) is 11.6 Å². The van der Waals surface area contributed by atoms with Crippen LogP contribution in [0.3, 0.4) is 0 Å². The molecule has 2 heterocycles. The number of hydrogen-bond donors (Lipinski definition) is 3. The molecule has 0 aliphatic carbocycles. The predicted molar refractivity (Wildman–Crippen MR) is 105 cm³/mol. The molecule has 2 aromatic heterocycles. The molecule has 0 saturated carbocycles. The fourth-order valence-corrected chi connectivity index (χ4v) is 3.08. The van der Waals surface area contributed by atoms with Gasteiger partial charge in [-0.3, -0.25) is 14.4 Å². The van der Waals surface area contributed by atoms with E-state index in [2.05, 4.69) is 20.9 Å². The molecule has 0 radical (unpaired) electrons. The third-order valence-corrected chi connectivity index (χ3v) is 4.52. The fourth-order valence-electron chi connectivity index (χ4n) is 2.36. The van der Waals surface area contributed by atoms with Crippen molar-refractivity contribution < 1.29 is 27.6 Å². The second-order valence-electron chi connectivity index (χ2n) is 6.07. The van der Waals surface area contributed by atoms with Crippen LogP contribution in [0.5, 0.6) is 0 Å². The Kier molecular flexibility index (Phi) is 6.52. The number of hydrogen-bond acceptors (Lipinski definition) is 6. The normalized spacial score (nSPS) is 10.5. The van der Waals surface area contributed by atoms with Gasteiger partial charge in [0, 0.05) is 18.4 Å². The first-order chi connectivity index (χ1) is 14.3. The van der Waals surface area contributed by atoms with Crippen molar-refractivity contribution in [3.05, 3.63) is 58.7 Å². The molecule has 3 aromatic rings. The Morgan fingerprint density at radius 1 is 1.13 bits per heavy atom. The molecule has 3 rings (SSSR count). The van der Waals surface area contributed by atoms with E-state index in [9.17, 15) is 23.2 Å². The van der Waals surface area contributed by atoms with Crippen molar-refractivity contribution in [2.45, 2.75) is 13.5 Å². The van der Waals surface area contributed by atoms with Gasteiger partial charge in [0.15, 0.2) is 10.9 Å². The third-order valence-electron chi connectivity index (χ3n) is 3.76. The first-order valence-corrected chi connectivity index (χ1v) is 9.52. The molecule has 3 amide bonds. The lowest BCUT2D eigenvalue weighted by atomic mass is 10.2. The summed E-state index contributed by atoms with van der Waals surface area (Å²) in [6.45, 7) is 1.22. The highest BCUT2D eigenvalue weighted by molar-refractivity contribution is 7.14. The molecule has 0 aliphatic heterocycles. The number of amides is 3. The van der Waals surface area contributed by atoms with Gasteiger partial charge in [-0.15, -0.1) is 11.3 Å². The Balaban J connectivity index is 1.53. The van der Waals surface area contributed by atoms with E-state index < -0.39 is 30.0 Å². The van der Waals surface area contributed by atoms with Crippen LogP contribution in [0.1, 0.15) is 23.0 Å². The minimum absolute atomic E-state index is 0.180. The number of benzene rings is 1. The van der Waals surface area contributed by atoms with E-state index in [0.29, 0.717) is 23.3 Å². The topological polar surface area (TPSA) is 113 Å². The smallest absolute Gasteiger partial charge is 0.254 e. The summed E-state index contributed by atoms with van der Waals surface area (Å²) in [5.74, 6) is -2.40. The first-order valence-electron chi connectivity index (χ1n) is 8.64. The Labute approximate surface area is 173 Å². The molecule has 0 atom stereocenters. The molecule has 0 spiro atoms. The monoisotopic (exact) mass is 434 g/mol. The Morgan fingerprint density at radius 2 is 1.93 bits per heavy atom. The summed E-state index contributed by atoms with van der Waals surface area (Å²) >= 11 is 1.15. The van der Waals surface area contributed by atoms with E-state index in [1.54, 1.807) is 17.5 Å². The zero-order valence-electron chi connectivity index (χ0n) is 15.6. The summed E-state index contributed by atoms with van der Waals surface area (Å²) < 4.78 is 32.1. The van der Waals surface area contributed by atoms with Gasteiger partial charge in [-0.2, -0.15) is 0 Å². The Hall–Kier alpha value is -3.60. The maximum Gasteiger partial charge on any atom is 0.254 e. The molecular formula is C19H16F2N4O4S. The summed E-state index contributed by atoms with van der Waals surface area (Å²) in [7, 11) is 0. The lowest BCUT2D eigenvalue weighted by molar-refractivity contribution is -0.119. The molecule has 156 valence electrons. The Bertz CT molecular complexity index is 1100. The molecule has 0 fully saturated rings. The van der Waals surface area contributed by atoms with Crippen LogP contribution in [0.4, 0.5) is 13.9 Å². The molecule has 11 heteroatoms. The minimum atomic E-state index is -1.02. The van der Waals surface area contributed by atoms with Gasteiger partial charge in [0.25, 0.3) is 5.91 Å². The van der Waals surface area contributed by atoms with Crippen molar-refractivity contribution in [2.24, 2.45) is 0 Å². The molecular weight excluding hydrogens is 418 g/mol. The van der Waals surface area contributed by atoms with Crippen molar-refractivity contribution in [1.29, 1.82) is 0 Å². The number of thiazole rings is 1. The number of carbonyl (C=O) groups is 3. The van der Waals surface area contributed by atoms with Gasteiger partial charge in [0.1, 0.15) is 23.1 Å². The van der Waals surface area contributed by atoms with Crippen molar-refractivity contribution in [1.82, 2.24) is 15.6 Å². The fraction of sp³-hybridized carbons (Fsp3) is 0.158. The molecule has 8 nitrogen and oxygen atoms in total. The van der Waals surface area contributed by atoms with Crippen molar-refractivity contribution >= 4 is 34.2 Å². The SMILES string of the molecule is CC(=O)NCc1ccc(-c2csc(NC(=O)CNC(=O)c3ccc(F)cc3F)n2)o1. The van der Waals surface area contributed by atoms with Gasteiger partial charge in [-0.05, 0) is 24.3 Å². The van der Waals surface area contributed by atoms with E-state index in [1.807, 2.05) is 0 Å². The van der Waals surface area contributed by atoms with Crippen LogP contribution in [0.25, 0.3) is 11.5 Å². The lowest BCUT2D eigenvalue weighted by Crippen LogP contribution is -2.33. The quantitative estimate of drug-likeness (QED) is 0.529. The molecule has 0 aliphatic rings. The Morgan fingerprint density at radius 3 is 2.67 bits per heavy atom. The van der Waals surface area contributed by atoms with E-state index in [-0.39, 0.29) is 23.1 Å². The van der Waals surface area contributed by atoms with Crippen LogP contribution in [0.15, 0.2) is 40.1 Å². The van der Waals surface area contributed by atoms with E-state index >= 15 is 0 Å². The molecule has 3 N–H and O–H groups in total. The van der Waals surface area contributed by atoms with Crippen molar-refractivity contribution in [3.63, 3.8) is 0 Å². The van der Waals surface area contributed by atoms with Crippen LogP contribution in [-0.2, 0) is 16.1 Å². The number of anilines is 1. The molecule has 0 saturated heterocycles. The van der Waals surface area contributed by atoms with Gasteiger partial charge in [-0.1, -0.05) is 0 Å². The van der Waals surface area contributed by atoms with Crippen LogP contribution >= 0.6 is 11.3 Å². The number of carbonyl (C=O) groups excluding carboxylic acids is 3. The molecule has 30 heavy (non-hydrogen) atoms. The van der Waals surface area contributed by atoms with Crippen LogP contribution < -0.4 is 16.0 Å². The summed E-state index contributed by atoms with van der Waals surface area (Å²) in [5, 5.41) is 9.33. The van der Waals surface area contributed by atoms with Crippen LogP contribution in [0.2, 0.25) is 0 Å². The van der Waals surface area contributed by atoms with E-state index in [0.717, 1.165) is 23.5 Å². The van der Waals surface area contributed by atoms with Gasteiger partial charge in [0.05, 0.1) is 18.7 Å². The highest BCUT2D eigenvalue weighted by Gasteiger charge is 2.15. The van der Waals surface area contributed by atoms with Gasteiger partial charge in [0.2, 0.25) is 11.8 Å². The summed E-state index contributed by atoms with van der Waals surface area (Å²) in [5.41, 5.74) is 0.121. The number of halogens is 2. The highest BCUT2D eigenvalue weighted by atomic mass is 32.1. The van der Waals surface area contributed by atoms with Gasteiger partial charge >= 0.3 is 0 Å².